The van der Waals surface area contributed by atoms with E-state index in [1.165, 1.54) is 0 Å². The van der Waals surface area contributed by atoms with Gasteiger partial charge in [0, 0.05) is 12.1 Å². The van der Waals surface area contributed by atoms with E-state index in [4.69, 9.17) is 4.84 Å². The molecule has 0 unspecified atom stereocenters. The van der Waals surface area contributed by atoms with Crippen LogP contribution in [-0.2, 0) is 9.63 Å². The normalized spacial score (nSPS) is 23.8. The van der Waals surface area contributed by atoms with Crippen LogP contribution in [0.15, 0.2) is 0 Å². The molecule has 0 aromatic heterocycles. The summed E-state index contributed by atoms with van der Waals surface area (Å²) in [6.07, 6.45) is 1.51. The largest absolute Gasteiger partial charge is 0.334 e. The highest BCUT2D eigenvalue weighted by Gasteiger charge is 2.56. The van der Waals surface area contributed by atoms with Gasteiger partial charge >= 0.3 is 0 Å². The van der Waals surface area contributed by atoms with Gasteiger partial charge in [0.2, 0.25) is 5.91 Å². The predicted molar refractivity (Wildman–Crippen MR) is 77.7 cm³/mol. The summed E-state index contributed by atoms with van der Waals surface area (Å²) >= 11 is 0. The fourth-order valence-electron chi connectivity index (χ4n) is 3.24. The zero-order valence-corrected chi connectivity index (χ0v) is 13.8. The SMILES string of the molecule is CCC1(CC)C(=O)N(C(C)(C)C)CC(C)(C)N1OC. The van der Waals surface area contributed by atoms with Crippen molar-refractivity contribution < 1.29 is 9.63 Å². The van der Waals surface area contributed by atoms with Crippen LogP contribution >= 0.6 is 0 Å². The maximum atomic E-state index is 13.0. The first-order chi connectivity index (χ1) is 8.56. The van der Waals surface area contributed by atoms with Gasteiger partial charge in [-0.15, -0.1) is 0 Å². The van der Waals surface area contributed by atoms with Gasteiger partial charge < -0.3 is 9.74 Å². The van der Waals surface area contributed by atoms with E-state index in [0.717, 1.165) is 12.8 Å². The monoisotopic (exact) mass is 270 g/mol. The van der Waals surface area contributed by atoms with Gasteiger partial charge in [-0.25, -0.2) is 0 Å². The Bertz CT molecular complexity index is 341. The van der Waals surface area contributed by atoms with Crippen molar-refractivity contribution >= 4 is 5.91 Å². The minimum atomic E-state index is -0.552. The van der Waals surface area contributed by atoms with E-state index >= 15 is 0 Å². The molecule has 1 fully saturated rings. The highest BCUT2D eigenvalue weighted by molar-refractivity contribution is 5.88. The summed E-state index contributed by atoms with van der Waals surface area (Å²) < 4.78 is 0. The smallest absolute Gasteiger partial charge is 0.245 e. The molecule has 0 aromatic carbocycles. The lowest BCUT2D eigenvalue weighted by atomic mass is 9.81. The molecule has 0 spiro atoms. The van der Waals surface area contributed by atoms with Gasteiger partial charge in [0.15, 0.2) is 0 Å². The van der Waals surface area contributed by atoms with E-state index in [2.05, 4.69) is 48.5 Å². The van der Waals surface area contributed by atoms with Crippen LogP contribution in [0.4, 0.5) is 0 Å². The average molecular weight is 270 g/mol. The molecule has 1 rings (SSSR count). The number of hydrogen-bond donors (Lipinski definition) is 0. The molecule has 0 atom stereocenters. The number of rotatable bonds is 3. The third kappa shape index (κ3) is 2.52. The summed E-state index contributed by atoms with van der Waals surface area (Å²) in [5, 5.41) is 1.92. The quantitative estimate of drug-likeness (QED) is 0.790. The van der Waals surface area contributed by atoms with E-state index < -0.39 is 5.54 Å². The molecule has 19 heavy (non-hydrogen) atoms. The molecule has 1 aliphatic heterocycles. The van der Waals surface area contributed by atoms with Crippen LogP contribution in [0.1, 0.15) is 61.3 Å². The second-order valence-corrected chi connectivity index (χ2v) is 7.09. The summed E-state index contributed by atoms with van der Waals surface area (Å²) in [5.74, 6) is 0.186. The van der Waals surface area contributed by atoms with Crippen LogP contribution in [-0.4, -0.2) is 46.1 Å². The molecule has 1 saturated heterocycles. The van der Waals surface area contributed by atoms with E-state index in [-0.39, 0.29) is 17.0 Å². The second-order valence-electron chi connectivity index (χ2n) is 7.09. The lowest BCUT2D eigenvalue weighted by molar-refractivity contribution is -0.278. The Morgan fingerprint density at radius 3 is 2.00 bits per heavy atom. The topological polar surface area (TPSA) is 32.8 Å². The second kappa shape index (κ2) is 5.06. The first-order valence-corrected chi connectivity index (χ1v) is 7.23. The Morgan fingerprint density at radius 2 is 1.68 bits per heavy atom. The molecule has 4 heteroatoms. The molecule has 4 nitrogen and oxygen atoms in total. The number of piperazine rings is 1. The van der Waals surface area contributed by atoms with Crippen molar-refractivity contribution in [3.05, 3.63) is 0 Å². The van der Waals surface area contributed by atoms with Gasteiger partial charge in [-0.05, 0) is 47.5 Å². The summed E-state index contributed by atoms with van der Waals surface area (Å²) in [6.45, 7) is 15.4. The Hall–Kier alpha value is -0.610. The summed E-state index contributed by atoms with van der Waals surface area (Å²) in [4.78, 5) is 20.6. The van der Waals surface area contributed by atoms with E-state index in [1.807, 2.05) is 9.96 Å². The van der Waals surface area contributed by atoms with Crippen molar-refractivity contribution in [2.24, 2.45) is 0 Å². The third-order valence-electron chi connectivity index (χ3n) is 4.29. The Balaban J connectivity index is 3.35. The first-order valence-electron chi connectivity index (χ1n) is 7.23. The summed E-state index contributed by atoms with van der Waals surface area (Å²) in [7, 11) is 1.67. The molecule has 1 amide bonds. The lowest BCUT2D eigenvalue weighted by Crippen LogP contribution is -2.74. The molecule has 0 N–H and O–H groups in total. The average Bonchev–Trinajstić information content (AvgIpc) is 2.29. The van der Waals surface area contributed by atoms with E-state index in [1.54, 1.807) is 7.11 Å². The van der Waals surface area contributed by atoms with E-state index in [0.29, 0.717) is 6.54 Å². The highest BCUT2D eigenvalue weighted by atomic mass is 16.7. The van der Waals surface area contributed by atoms with Crippen LogP contribution in [0.2, 0.25) is 0 Å². The Labute approximate surface area is 118 Å². The van der Waals surface area contributed by atoms with Crippen molar-refractivity contribution in [1.82, 2.24) is 9.96 Å². The molecule has 0 aliphatic carbocycles. The fraction of sp³-hybridized carbons (Fsp3) is 0.933. The molecular formula is C15H30N2O2. The number of hydrogen-bond acceptors (Lipinski definition) is 3. The van der Waals surface area contributed by atoms with Crippen LogP contribution in [0, 0.1) is 0 Å². The summed E-state index contributed by atoms with van der Waals surface area (Å²) in [6, 6.07) is 0. The zero-order chi connectivity index (χ0) is 15.1. The predicted octanol–water partition coefficient (Wildman–Crippen LogP) is 2.83. The molecule has 0 saturated carbocycles. The fourth-order valence-corrected chi connectivity index (χ4v) is 3.24. The van der Waals surface area contributed by atoms with Crippen molar-refractivity contribution in [3.8, 4) is 0 Å². The van der Waals surface area contributed by atoms with Gasteiger partial charge in [-0.2, -0.15) is 5.06 Å². The minimum absolute atomic E-state index is 0.163. The van der Waals surface area contributed by atoms with Gasteiger partial charge in [-0.3, -0.25) is 4.79 Å². The summed E-state index contributed by atoms with van der Waals surface area (Å²) in [5.41, 5.74) is -0.907. The van der Waals surface area contributed by atoms with Crippen molar-refractivity contribution in [3.63, 3.8) is 0 Å². The van der Waals surface area contributed by atoms with Gasteiger partial charge in [0.05, 0.1) is 12.6 Å². The van der Waals surface area contributed by atoms with Crippen molar-refractivity contribution in [1.29, 1.82) is 0 Å². The molecule has 0 radical (unpaired) electrons. The van der Waals surface area contributed by atoms with E-state index in [9.17, 15) is 4.79 Å². The molecule has 1 heterocycles. The standard InChI is InChI=1S/C15H30N2O2/c1-9-15(10-2)12(18)16(13(3,4)5)11-14(6,7)17(15)19-8/h9-11H2,1-8H3. The third-order valence-corrected chi connectivity index (χ3v) is 4.29. The number of amides is 1. The molecule has 112 valence electrons. The molecule has 0 aromatic rings. The lowest BCUT2D eigenvalue weighted by Gasteiger charge is -2.58. The van der Waals surface area contributed by atoms with Crippen LogP contribution in [0.5, 0.6) is 0 Å². The van der Waals surface area contributed by atoms with Crippen LogP contribution in [0.3, 0.4) is 0 Å². The zero-order valence-electron chi connectivity index (χ0n) is 13.8. The molecule has 1 aliphatic rings. The van der Waals surface area contributed by atoms with Gasteiger partial charge in [-0.1, -0.05) is 13.8 Å². The highest BCUT2D eigenvalue weighted by Crippen LogP contribution is 2.40. The van der Waals surface area contributed by atoms with Crippen molar-refractivity contribution in [2.75, 3.05) is 13.7 Å². The number of carbonyl (C=O) groups excluding carboxylic acids is 1. The first kappa shape index (κ1) is 16.4. The Morgan fingerprint density at radius 1 is 1.21 bits per heavy atom. The molecule has 0 bridgehead atoms. The van der Waals surface area contributed by atoms with Crippen LogP contribution in [0.25, 0.3) is 0 Å². The van der Waals surface area contributed by atoms with Gasteiger partial charge in [0.1, 0.15) is 5.54 Å². The van der Waals surface area contributed by atoms with Gasteiger partial charge in [0.25, 0.3) is 0 Å². The maximum Gasteiger partial charge on any atom is 0.245 e. The number of carbonyl (C=O) groups is 1. The van der Waals surface area contributed by atoms with Crippen LogP contribution < -0.4 is 0 Å². The number of hydroxylamine groups is 2. The maximum absolute atomic E-state index is 13.0. The Kier molecular flexibility index (Phi) is 4.38. The molecular weight excluding hydrogens is 240 g/mol. The van der Waals surface area contributed by atoms with Crippen molar-refractivity contribution in [2.45, 2.75) is 77.9 Å². The number of nitrogens with zero attached hydrogens (tertiary/aromatic N) is 2. The minimum Gasteiger partial charge on any atom is -0.334 e.